The Kier molecular flexibility index (Phi) is 4.11. The van der Waals surface area contributed by atoms with Crippen LogP contribution in [-0.4, -0.2) is 44.0 Å². The van der Waals surface area contributed by atoms with Gasteiger partial charge in [-0.25, -0.2) is 0 Å². The Bertz CT molecular complexity index is 228. The number of nitrogens with zero attached hydrogens (tertiary/aromatic N) is 1. The second-order valence-electron chi connectivity index (χ2n) is 5.31. The van der Waals surface area contributed by atoms with Crippen LogP contribution in [-0.2, 0) is 4.79 Å². The SMILES string of the molecule is CN1CCC(C(C)(C)CNCC(N)=O)C1. The highest BCUT2D eigenvalue weighted by Crippen LogP contribution is 2.32. The van der Waals surface area contributed by atoms with Gasteiger partial charge in [0.15, 0.2) is 0 Å². The minimum Gasteiger partial charge on any atom is -0.369 e. The van der Waals surface area contributed by atoms with Gasteiger partial charge < -0.3 is 16.0 Å². The quantitative estimate of drug-likeness (QED) is 0.678. The van der Waals surface area contributed by atoms with E-state index in [2.05, 4.69) is 31.1 Å². The van der Waals surface area contributed by atoms with E-state index in [0.29, 0.717) is 5.92 Å². The first-order valence-corrected chi connectivity index (χ1v) is 5.59. The molecule has 0 bridgehead atoms. The summed E-state index contributed by atoms with van der Waals surface area (Å²) < 4.78 is 0. The fourth-order valence-corrected chi connectivity index (χ4v) is 2.23. The number of carbonyl (C=O) groups is 1. The van der Waals surface area contributed by atoms with Crippen molar-refractivity contribution in [1.29, 1.82) is 0 Å². The van der Waals surface area contributed by atoms with Crippen molar-refractivity contribution in [3.05, 3.63) is 0 Å². The topological polar surface area (TPSA) is 58.4 Å². The van der Waals surface area contributed by atoms with Crippen LogP contribution >= 0.6 is 0 Å². The summed E-state index contributed by atoms with van der Waals surface area (Å²) in [6.45, 7) is 7.99. The highest BCUT2D eigenvalue weighted by molar-refractivity contribution is 5.75. The molecule has 88 valence electrons. The molecule has 0 saturated carbocycles. The van der Waals surface area contributed by atoms with Gasteiger partial charge >= 0.3 is 0 Å². The maximum absolute atomic E-state index is 10.6. The Morgan fingerprint density at radius 2 is 2.27 bits per heavy atom. The maximum atomic E-state index is 10.6. The van der Waals surface area contributed by atoms with Crippen LogP contribution in [0, 0.1) is 11.3 Å². The molecule has 1 heterocycles. The lowest BCUT2D eigenvalue weighted by atomic mass is 9.78. The highest BCUT2D eigenvalue weighted by Gasteiger charge is 2.33. The molecule has 0 aromatic carbocycles. The van der Waals surface area contributed by atoms with Crippen LogP contribution in [0.3, 0.4) is 0 Å². The second kappa shape index (κ2) is 4.94. The molecule has 1 aliphatic heterocycles. The van der Waals surface area contributed by atoms with Crippen molar-refractivity contribution in [2.45, 2.75) is 20.3 Å². The van der Waals surface area contributed by atoms with Crippen molar-refractivity contribution in [3.8, 4) is 0 Å². The van der Waals surface area contributed by atoms with Gasteiger partial charge in [-0.3, -0.25) is 4.79 Å². The van der Waals surface area contributed by atoms with Crippen molar-refractivity contribution < 1.29 is 4.79 Å². The summed E-state index contributed by atoms with van der Waals surface area (Å²) in [7, 11) is 2.16. The van der Waals surface area contributed by atoms with Crippen LogP contribution in [0.1, 0.15) is 20.3 Å². The average molecular weight is 213 g/mol. The van der Waals surface area contributed by atoms with Crippen molar-refractivity contribution in [3.63, 3.8) is 0 Å². The number of hydrogen-bond donors (Lipinski definition) is 2. The Hall–Kier alpha value is -0.610. The molecular weight excluding hydrogens is 190 g/mol. The van der Waals surface area contributed by atoms with E-state index in [-0.39, 0.29) is 17.9 Å². The monoisotopic (exact) mass is 213 g/mol. The molecule has 0 radical (unpaired) electrons. The number of likely N-dealkylation sites (tertiary alicyclic amines) is 1. The van der Waals surface area contributed by atoms with E-state index in [1.165, 1.54) is 13.0 Å². The third-order valence-corrected chi connectivity index (χ3v) is 3.38. The van der Waals surface area contributed by atoms with Gasteiger partial charge in [0.05, 0.1) is 6.54 Å². The minimum absolute atomic E-state index is 0.236. The predicted molar refractivity (Wildman–Crippen MR) is 61.4 cm³/mol. The van der Waals surface area contributed by atoms with E-state index in [0.717, 1.165) is 13.1 Å². The van der Waals surface area contributed by atoms with E-state index in [4.69, 9.17) is 5.73 Å². The van der Waals surface area contributed by atoms with Crippen molar-refractivity contribution in [2.75, 3.05) is 33.2 Å². The lowest BCUT2D eigenvalue weighted by molar-refractivity contribution is -0.117. The fraction of sp³-hybridized carbons (Fsp3) is 0.909. The lowest BCUT2D eigenvalue weighted by Crippen LogP contribution is -2.40. The molecule has 1 atom stereocenters. The number of nitrogens with two attached hydrogens (primary N) is 1. The summed E-state index contributed by atoms with van der Waals surface area (Å²) in [5, 5.41) is 3.12. The summed E-state index contributed by atoms with van der Waals surface area (Å²) in [4.78, 5) is 13.0. The van der Waals surface area contributed by atoms with Gasteiger partial charge in [0.25, 0.3) is 0 Å². The standard InChI is InChI=1S/C11H23N3O/c1-11(2,8-13-6-10(12)15)9-4-5-14(3)7-9/h9,13H,4-8H2,1-3H3,(H2,12,15). The zero-order valence-corrected chi connectivity index (χ0v) is 10.0. The number of amides is 1. The Morgan fingerprint density at radius 3 is 2.73 bits per heavy atom. The maximum Gasteiger partial charge on any atom is 0.231 e. The summed E-state index contributed by atoms with van der Waals surface area (Å²) in [5.74, 6) is 0.428. The summed E-state index contributed by atoms with van der Waals surface area (Å²) in [6.07, 6.45) is 1.25. The van der Waals surface area contributed by atoms with E-state index >= 15 is 0 Å². The van der Waals surface area contributed by atoms with Crippen LogP contribution in [0.25, 0.3) is 0 Å². The van der Waals surface area contributed by atoms with Gasteiger partial charge in [0, 0.05) is 13.1 Å². The summed E-state index contributed by atoms with van der Waals surface area (Å²) >= 11 is 0. The first kappa shape index (κ1) is 12.5. The molecule has 1 amide bonds. The number of rotatable bonds is 5. The average Bonchev–Trinajstić information content (AvgIpc) is 2.51. The third kappa shape index (κ3) is 3.80. The Labute approximate surface area is 92.2 Å². The third-order valence-electron chi connectivity index (χ3n) is 3.38. The zero-order valence-electron chi connectivity index (χ0n) is 10.0. The van der Waals surface area contributed by atoms with Crippen molar-refractivity contribution in [1.82, 2.24) is 10.2 Å². The van der Waals surface area contributed by atoms with E-state index < -0.39 is 0 Å². The molecule has 1 unspecified atom stereocenters. The molecule has 4 nitrogen and oxygen atoms in total. The molecule has 3 N–H and O–H groups in total. The van der Waals surface area contributed by atoms with E-state index in [1.54, 1.807) is 0 Å². The normalized spacial score (nSPS) is 23.3. The largest absolute Gasteiger partial charge is 0.369 e. The van der Waals surface area contributed by atoms with Gasteiger partial charge in [-0.15, -0.1) is 0 Å². The van der Waals surface area contributed by atoms with Crippen LogP contribution in [0.15, 0.2) is 0 Å². The van der Waals surface area contributed by atoms with Crippen LogP contribution in [0.2, 0.25) is 0 Å². The Morgan fingerprint density at radius 1 is 1.60 bits per heavy atom. The molecule has 0 aliphatic carbocycles. The molecule has 0 aromatic rings. The van der Waals surface area contributed by atoms with E-state index in [9.17, 15) is 4.79 Å². The van der Waals surface area contributed by atoms with Gasteiger partial charge in [-0.1, -0.05) is 13.8 Å². The van der Waals surface area contributed by atoms with E-state index in [1.807, 2.05) is 0 Å². The van der Waals surface area contributed by atoms with Gasteiger partial charge in [0.1, 0.15) is 0 Å². The molecular formula is C11H23N3O. The highest BCUT2D eigenvalue weighted by atomic mass is 16.1. The van der Waals surface area contributed by atoms with Crippen LogP contribution < -0.4 is 11.1 Å². The molecule has 15 heavy (non-hydrogen) atoms. The number of hydrogen-bond acceptors (Lipinski definition) is 3. The van der Waals surface area contributed by atoms with Crippen LogP contribution in [0.4, 0.5) is 0 Å². The molecule has 4 heteroatoms. The number of primary amides is 1. The first-order valence-electron chi connectivity index (χ1n) is 5.59. The zero-order chi connectivity index (χ0) is 11.5. The van der Waals surface area contributed by atoms with Gasteiger partial charge in [-0.05, 0) is 31.3 Å². The Balaban J connectivity index is 2.34. The van der Waals surface area contributed by atoms with Gasteiger partial charge in [0.2, 0.25) is 5.91 Å². The second-order valence-corrected chi connectivity index (χ2v) is 5.31. The molecule has 0 aromatic heterocycles. The number of nitrogens with one attached hydrogen (secondary N) is 1. The molecule has 1 rings (SSSR count). The fourth-order valence-electron chi connectivity index (χ4n) is 2.23. The molecule has 1 fully saturated rings. The predicted octanol–water partition coefficient (Wildman–Crippen LogP) is 0.0392. The smallest absolute Gasteiger partial charge is 0.231 e. The molecule has 0 spiro atoms. The summed E-state index contributed by atoms with van der Waals surface area (Å²) in [6, 6.07) is 0. The van der Waals surface area contributed by atoms with Crippen LogP contribution in [0.5, 0.6) is 0 Å². The first-order chi connectivity index (χ1) is 6.92. The van der Waals surface area contributed by atoms with Crippen molar-refractivity contribution >= 4 is 5.91 Å². The minimum atomic E-state index is -0.283. The lowest BCUT2D eigenvalue weighted by Gasteiger charge is -2.31. The number of carbonyl (C=O) groups excluding carboxylic acids is 1. The summed E-state index contributed by atoms with van der Waals surface area (Å²) in [5.41, 5.74) is 5.32. The van der Waals surface area contributed by atoms with Gasteiger partial charge in [-0.2, -0.15) is 0 Å². The van der Waals surface area contributed by atoms with Crippen molar-refractivity contribution in [2.24, 2.45) is 17.1 Å². The molecule has 1 aliphatic rings. The molecule has 1 saturated heterocycles.